The molecule has 2 aromatic rings. The van der Waals surface area contributed by atoms with E-state index in [1.165, 1.54) is 11.9 Å². The molecule has 9 heteroatoms. The number of aromatic amines is 1. The molecule has 1 aromatic carbocycles. The van der Waals surface area contributed by atoms with Crippen LogP contribution in [0.1, 0.15) is 5.56 Å². The maximum atomic E-state index is 12.1. The van der Waals surface area contributed by atoms with Gasteiger partial charge in [0.05, 0.1) is 24.5 Å². The number of anilines is 2. The van der Waals surface area contributed by atoms with Gasteiger partial charge in [-0.25, -0.2) is 4.79 Å². The molecule has 2 amide bonds. The first-order chi connectivity index (χ1) is 12.6. The lowest BCUT2D eigenvalue weighted by molar-refractivity contribution is -0.127. The average molecular weight is 357 g/mol. The van der Waals surface area contributed by atoms with Crippen LogP contribution in [0.2, 0.25) is 0 Å². The highest BCUT2D eigenvalue weighted by atomic mass is 16.6. The summed E-state index contributed by atoms with van der Waals surface area (Å²) in [4.78, 5) is 25.3. The van der Waals surface area contributed by atoms with E-state index >= 15 is 0 Å². The summed E-state index contributed by atoms with van der Waals surface area (Å²) in [5, 5.41) is 12.9. The summed E-state index contributed by atoms with van der Waals surface area (Å²) in [7, 11) is 3.34. The van der Waals surface area contributed by atoms with Crippen molar-refractivity contribution in [2.45, 2.75) is 12.5 Å². The molecule has 2 aliphatic heterocycles. The van der Waals surface area contributed by atoms with Gasteiger partial charge in [0.2, 0.25) is 0 Å². The normalized spacial score (nSPS) is 18.3. The van der Waals surface area contributed by atoms with Gasteiger partial charge in [0, 0.05) is 37.7 Å². The predicted octanol–water partition coefficient (Wildman–Crippen LogP) is 1.12. The minimum absolute atomic E-state index is 0.163. The van der Waals surface area contributed by atoms with E-state index in [9.17, 15) is 9.59 Å². The lowest BCUT2D eigenvalue weighted by Gasteiger charge is -2.15. The number of benzene rings is 1. The second-order valence-corrected chi connectivity index (χ2v) is 6.05. The number of carbonyl (C=O) groups is 2. The lowest BCUT2D eigenvalue weighted by Crippen LogP contribution is -2.35. The Morgan fingerprint density at radius 2 is 2.23 bits per heavy atom. The number of aromatic nitrogens is 2. The molecule has 0 bridgehead atoms. The Hall–Kier alpha value is -3.23. The number of hydrogen-bond acceptors (Lipinski definition) is 6. The second kappa shape index (κ2) is 6.25. The van der Waals surface area contributed by atoms with E-state index < -0.39 is 12.2 Å². The van der Waals surface area contributed by atoms with E-state index in [0.717, 1.165) is 29.1 Å². The molecule has 26 heavy (non-hydrogen) atoms. The van der Waals surface area contributed by atoms with E-state index in [4.69, 9.17) is 9.47 Å². The van der Waals surface area contributed by atoms with Gasteiger partial charge in [-0.3, -0.25) is 14.8 Å². The van der Waals surface area contributed by atoms with Crippen LogP contribution in [-0.4, -0.2) is 55.5 Å². The van der Waals surface area contributed by atoms with Gasteiger partial charge in [0.15, 0.2) is 11.9 Å². The van der Waals surface area contributed by atoms with Crippen LogP contribution in [-0.2, 0) is 16.0 Å². The largest absolute Gasteiger partial charge is 0.492 e. The maximum Gasteiger partial charge on any atom is 0.415 e. The minimum Gasteiger partial charge on any atom is -0.492 e. The Kier molecular flexibility index (Phi) is 3.90. The van der Waals surface area contributed by atoms with Crippen LogP contribution in [0.25, 0.3) is 11.3 Å². The lowest BCUT2D eigenvalue weighted by atomic mass is 10.0. The standard InChI is InChI=1S/C17H19N5O4/c1-18-15-11-5-6-25-12-7-9(3-4-10(12)14(11)20-21-15)22-8-13(16(23)19-2)26-17(22)24/h3-4,7,13H,5-6,8H2,1-2H3,(H,19,23)(H2,18,20,21)/t13-/m1/s1. The zero-order valence-corrected chi connectivity index (χ0v) is 14.5. The number of hydrogen-bond donors (Lipinski definition) is 3. The highest BCUT2D eigenvalue weighted by Crippen LogP contribution is 2.39. The van der Waals surface area contributed by atoms with Crippen LogP contribution in [0, 0.1) is 0 Å². The first kappa shape index (κ1) is 16.2. The summed E-state index contributed by atoms with van der Waals surface area (Å²) < 4.78 is 11.0. The van der Waals surface area contributed by atoms with Crippen molar-refractivity contribution in [1.82, 2.24) is 15.5 Å². The van der Waals surface area contributed by atoms with E-state index in [-0.39, 0.29) is 12.5 Å². The molecule has 136 valence electrons. The summed E-state index contributed by atoms with van der Waals surface area (Å²) >= 11 is 0. The number of cyclic esters (lactones) is 1. The van der Waals surface area contributed by atoms with Crippen LogP contribution in [0.5, 0.6) is 5.75 Å². The fourth-order valence-corrected chi connectivity index (χ4v) is 3.28. The number of ether oxygens (including phenoxy) is 2. The summed E-state index contributed by atoms with van der Waals surface area (Å²) in [6, 6.07) is 5.48. The molecule has 4 rings (SSSR count). The molecule has 1 atom stereocenters. The second-order valence-electron chi connectivity index (χ2n) is 6.05. The van der Waals surface area contributed by atoms with Crippen molar-refractivity contribution in [3.63, 3.8) is 0 Å². The van der Waals surface area contributed by atoms with E-state index in [0.29, 0.717) is 18.0 Å². The molecule has 9 nitrogen and oxygen atoms in total. The Morgan fingerprint density at radius 1 is 1.38 bits per heavy atom. The molecule has 1 fully saturated rings. The first-order valence-electron chi connectivity index (χ1n) is 8.34. The van der Waals surface area contributed by atoms with Crippen LogP contribution in [0.15, 0.2) is 18.2 Å². The SMILES string of the molecule is CNC(=O)[C@H]1CN(c2ccc3c(c2)OCCc2c(NC)n[nH]c2-3)C(=O)O1. The third-order valence-electron chi connectivity index (χ3n) is 4.61. The summed E-state index contributed by atoms with van der Waals surface area (Å²) in [6.07, 6.45) is -0.646. The van der Waals surface area contributed by atoms with Crippen molar-refractivity contribution in [2.24, 2.45) is 0 Å². The fourth-order valence-electron chi connectivity index (χ4n) is 3.28. The van der Waals surface area contributed by atoms with Crippen molar-refractivity contribution in [1.29, 1.82) is 0 Å². The zero-order valence-electron chi connectivity index (χ0n) is 14.5. The Morgan fingerprint density at radius 3 is 3.00 bits per heavy atom. The van der Waals surface area contributed by atoms with Gasteiger partial charge in [0.25, 0.3) is 5.91 Å². The van der Waals surface area contributed by atoms with Gasteiger partial charge >= 0.3 is 6.09 Å². The number of carbonyl (C=O) groups excluding carboxylic acids is 2. The highest BCUT2D eigenvalue weighted by Gasteiger charge is 2.37. The van der Waals surface area contributed by atoms with Crippen LogP contribution in [0.3, 0.4) is 0 Å². The number of amides is 2. The fraction of sp³-hybridized carbons (Fsp3) is 0.353. The Balaban J connectivity index is 1.67. The van der Waals surface area contributed by atoms with E-state index in [1.807, 2.05) is 19.2 Å². The highest BCUT2D eigenvalue weighted by molar-refractivity contribution is 5.96. The number of nitrogens with one attached hydrogen (secondary N) is 3. The van der Waals surface area contributed by atoms with Gasteiger partial charge in [-0.2, -0.15) is 5.10 Å². The quantitative estimate of drug-likeness (QED) is 0.760. The molecule has 0 saturated carbocycles. The van der Waals surface area contributed by atoms with Gasteiger partial charge in [-0.1, -0.05) is 0 Å². The Bertz CT molecular complexity index is 878. The summed E-state index contributed by atoms with van der Waals surface area (Å²) in [6.45, 7) is 0.666. The van der Waals surface area contributed by atoms with Gasteiger partial charge in [0.1, 0.15) is 5.75 Å². The summed E-state index contributed by atoms with van der Waals surface area (Å²) in [5.41, 5.74) is 3.47. The first-order valence-corrected chi connectivity index (χ1v) is 8.34. The molecule has 3 N–H and O–H groups in total. The molecule has 3 heterocycles. The van der Waals surface area contributed by atoms with Crippen molar-refractivity contribution >= 4 is 23.5 Å². The topological polar surface area (TPSA) is 109 Å². The molecule has 0 aliphatic carbocycles. The molecular weight excluding hydrogens is 338 g/mol. The average Bonchev–Trinajstić information content (AvgIpc) is 3.19. The van der Waals surface area contributed by atoms with E-state index in [1.54, 1.807) is 6.07 Å². The van der Waals surface area contributed by atoms with Crippen LogP contribution >= 0.6 is 0 Å². The minimum atomic E-state index is -0.815. The third kappa shape index (κ3) is 2.52. The number of H-pyrrole nitrogens is 1. The van der Waals surface area contributed by atoms with Crippen molar-refractivity contribution < 1.29 is 19.1 Å². The molecule has 2 aliphatic rings. The van der Waals surface area contributed by atoms with Crippen LogP contribution < -0.4 is 20.3 Å². The Labute approximate surface area is 149 Å². The van der Waals surface area contributed by atoms with Crippen molar-refractivity contribution in [3.05, 3.63) is 23.8 Å². The predicted molar refractivity (Wildman–Crippen MR) is 94.5 cm³/mol. The van der Waals surface area contributed by atoms with Gasteiger partial charge < -0.3 is 20.1 Å². The molecule has 1 saturated heterocycles. The molecule has 0 spiro atoms. The summed E-state index contributed by atoms with van der Waals surface area (Å²) in [5.74, 6) is 1.13. The number of rotatable bonds is 3. The molecule has 0 unspecified atom stereocenters. The van der Waals surface area contributed by atoms with Gasteiger partial charge in [-0.05, 0) is 12.1 Å². The van der Waals surface area contributed by atoms with Crippen molar-refractivity contribution in [3.8, 4) is 17.0 Å². The monoisotopic (exact) mass is 357 g/mol. The number of fused-ring (bicyclic) bond motifs is 3. The van der Waals surface area contributed by atoms with Crippen LogP contribution in [0.4, 0.5) is 16.3 Å². The number of nitrogens with zero attached hydrogens (tertiary/aromatic N) is 2. The third-order valence-corrected chi connectivity index (χ3v) is 4.61. The molecule has 0 radical (unpaired) electrons. The smallest absolute Gasteiger partial charge is 0.415 e. The number of likely N-dealkylation sites (N-methyl/N-ethyl adjacent to an activating group) is 1. The van der Waals surface area contributed by atoms with Crippen molar-refractivity contribution in [2.75, 3.05) is 37.5 Å². The van der Waals surface area contributed by atoms with Gasteiger partial charge in [-0.15, -0.1) is 0 Å². The maximum absolute atomic E-state index is 12.1. The molecule has 1 aromatic heterocycles. The zero-order chi connectivity index (χ0) is 18.3. The molecular formula is C17H19N5O4. The van der Waals surface area contributed by atoms with E-state index in [2.05, 4.69) is 20.8 Å².